The van der Waals surface area contributed by atoms with Crippen molar-refractivity contribution < 1.29 is 23.1 Å². The number of imidazole rings is 1. The number of hydrogen-bond donors (Lipinski definition) is 2. The average Bonchev–Trinajstić information content (AvgIpc) is 2.88. The summed E-state index contributed by atoms with van der Waals surface area (Å²) in [7, 11) is -3.97. The van der Waals surface area contributed by atoms with E-state index in [-0.39, 0.29) is 31.1 Å². The van der Waals surface area contributed by atoms with Crippen molar-refractivity contribution in [1.82, 2.24) is 14.3 Å². The molecule has 1 saturated heterocycles. The van der Waals surface area contributed by atoms with Gasteiger partial charge in [0.1, 0.15) is 5.54 Å². The molecule has 0 aliphatic carbocycles. The number of aliphatic carboxylic acids is 1. The largest absolute Gasteiger partial charge is 0.480 e. The zero-order valence-electron chi connectivity index (χ0n) is 11.1. The van der Waals surface area contributed by atoms with Crippen LogP contribution in [0, 0.1) is 0 Å². The predicted octanol–water partition coefficient (Wildman–Crippen LogP) is -0.185. The molecule has 0 atom stereocenters. The maximum Gasteiger partial charge on any atom is 0.325 e. The molecule has 0 bridgehead atoms. The molecule has 0 unspecified atom stereocenters. The Morgan fingerprint density at radius 3 is 2.70 bits per heavy atom. The third-order valence-corrected chi connectivity index (χ3v) is 4.76. The number of rotatable bonds is 5. The molecule has 0 radical (unpaired) electrons. The predicted molar refractivity (Wildman–Crippen MR) is 68.6 cm³/mol. The summed E-state index contributed by atoms with van der Waals surface area (Å²) in [4.78, 5) is 15.2. The van der Waals surface area contributed by atoms with E-state index >= 15 is 0 Å². The lowest BCUT2D eigenvalue weighted by atomic mass is 9.92. The fourth-order valence-electron chi connectivity index (χ4n) is 2.04. The second-order valence-electron chi connectivity index (χ2n) is 4.65. The number of aromatic nitrogens is 2. The molecule has 1 aliphatic heterocycles. The number of carboxylic acid groups (broad SMARTS) is 1. The van der Waals surface area contributed by atoms with Gasteiger partial charge in [0.15, 0.2) is 5.03 Å². The molecule has 2 rings (SSSR count). The molecule has 9 heteroatoms. The van der Waals surface area contributed by atoms with Crippen molar-refractivity contribution in [3.63, 3.8) is 0 Å². The van der Waals surface area contributed by atoms with Gasteiger partial charge in [-0.15, -0.1) is 0 Å². The summed E-state index contributed by atoms with van der Waals surface area (Å²) in [6.07, 6.45) is 2.95. The molecule has 1 fully saturated rings. The highest BCUT2D eigenvalue weighted by Gasteiger charge is 2.44. The summed E-state index contributed by atoms with van der Waals surface area (Å²) in [5.41, 5.74) is -1.52. The number of hydrogen-bond acceptors (Lipinski definition) is 5. The Morgan fingerprint density at radius 1 is 1.55 bits per heavy atom. The van der Waals surface area contributed by atoms with E-state index in [0.717, 1.165) is 0 Å². The Bertz CT molecular complexity index is 589. The van der Waals surface area contributed by atoms with E-state index in [1.54, 1.807) is 4.57 Å². The maximum atomic E-state index is 12.2. The minimum atomic E-state index is -3.97. The zero-order valence-corrected chi connectivity index (χ0v) is 11.9. The Morgan fingerprint density at radius 2 is 2.20 bits per heavy atom. The van der Waals surface area contributed by atoms with Gasteiger partial charge in [0.2, 0.25) is 0 Å². The second-order valence-corrected chi connectivity index (χ2v) is 6.28. The Kier molecular flexibility index (Phi) is 4.11. The summed E-state index contributed by atoms with van der Waals surface area (Å²) in [5, 5.41) is 9.17. The fraction of sp³-hybridized carbons (Fsp3) is 0.636. The van der Waals surface area contributed by atoms with Gasteiger partial charge in [-0.1, -0.05) is 0 Å². The molecule has 112 valence electrons. The summed E-state index contributed by atoms with van der Waals surface area (Å²) < 4.78 is 33.5. The smallest absolute Gasteiger partial charge is 0.325 e. The van der Waals surface area contributed by atoms with Gasteiger partial charge in [-0.3, -0.25) is 4.79 Å². The maximum absolute atomic E-state index is 12.2. The lowest BCUT2D eigenvalue weighted by molar-refractivity contribution is -0.147. The highest BCUT2D eigenvalue weighted by Crippen LogP contribution is 2.23. The molecule has 0 saturated carbocycles. The molecular weight excluding hydrogens is 286 g/mol. The van der Waals surface area contributed by atoms with Crippen LogP contribution in [0.1, 0.15) is 19.8 Å². The van der Waals surface area contributed by atoms with Gasteiger partial charge < -0.3 is 14.4 Å². The Labute approximate surface area is 116 Å². The highest BCUT2D eigenvalue weighted by atomic mass is 32.2. The fourth-order valence-corrected chi connectivity index (χ4v) is 3.41. The summed E-state index contributed by atoms with van der Waals surface area (Å²) >= 11 is 0. The van der Waals surface area contributed by atoms with Crippen LogP contribution < -0.4 is 4.72 Å². The number of carbonyl (C=O) groups is 1. The van der Waals surface area contributed by atoms with Crippen molar-refractivity contribution in [2.24, 2.45) is 0 Å². The van der Waals surface area contributed by atoms with Crippen LogP contribution in [0.5, 0.6) is 0 Å². The quantitative estimate of drug-likeness (QED) is 0.780. The van der Waals surface area contributed by atoms with Gasteiger partial charge in [0, 0.05) is 38.8 Å². The molecule has 1 aliphatic rings. The minimum absolute atomic E-state index is 0.0933. The first-order chi connectivity index (χ1) is 9.39. The number of aryl methyl sites for hydroxylation is 1. The number of nitrogens with zero attached hydrogens (tertiary/aromatic N) is 2. The van der Waals surface area contributed by atoms with Crippen LogP contribution >= 0.6 is 0 Å². The van der Waals surface area contributed by atoms with E-state index < -0.39 is 21.5 Å². The zero-order chi connectivity index (χ0) is 14.8. The normalized spacial score (nSPS) is 18.9. The van der Waals surface area contributed by atoms with Gasteiger partial charge >= 0.3 is 5.97 Å². The third-order valence-electron chi connectivity index (χ3n) is 3.34. The number of sulfonamides is 1. The number of nitrogens with one attached hydrogen (secondary N) is 1. The van der Waals surface area contributed by atoms with Gasteiger partial charge in [-0.25, -0.2) is 13.4 Å². The van der Waals surface area contributed by atoms with Crippen LogP contribution in [0.25, 0.3) is 0 Å². The molecule has 0 spiro atoms. The van der Waals surface area contributed by atoms with E-state index in [1.165, 1.54) is 12.5 Å². The lowest BCUT2D eigenvalue weighted by Crippen LogP contribution is -2.57. The van der Waals surface area contributed by atoms with E-state index in [2.05, 4.69) is 9.71 Å². The van der Waals surface area contributed by atoms with Crippen LogP contribution in [0.4, 0.5) is 0 Å². The Hall–Kier alpha value is -1.45. The van der Waals surface area contributed by atoms with Gasteiger partial charge in [0.25, 0.3) is 10.0 Å². The SMILES string of the molecule is CCn1cnc(S(=O)(=O)NC2(C(=O)O)CCOCC2)c1. The van der Waals surface area contributed by atoms with Crippen molar-refractivity contribution in [2.75, 3.05) is 13.2 Å². The average molecular weight is 303 g/mol. The molecule has 1 aromatic heterocycles. The first kappa shape index (κ1) is 14.9. The number of ether oxygens (including phenoxy) is 1. The van der Waals surface area contributed by atoms with Crippen molar-refractivity contribution in [3.8, 4) is 0 Å². The standard InChI is InChI=1S/C11H17N3O5S/c1-2-14-7-9(12-8-14)20(17,18)13-11(10(15)16)3-5-19-6-4-11/h7-8,13H,2-6H2,1H3,(H,15,16). The lowest BCUT2D eigenvalue weighted by Gasteiger charge is -2.33. The van der Waals surface area contributed by atoms with Crippen molar-refractivity contribution in [2.45, 2.75) is 36.9 Å². The monoisotopic (exact) mass is 303 g/mol. The number of carboxylic acids is 1. The molecule has 0 aromatic carbocycles. The molecule has 0 amide bonds. The van der Waals surface area contributed by atoms with Gasteiger partial charge in [0.05, 0.1) is 6.33 Å². The van der Waals surface area contributed by atoms with E-state index in [0.29, 0.717) is 6.54 Å². The third kappa shape index (κ3) is 2.84. The van der Waals surface area contributed by atoms with Crippen LogP contribution in [0.15, 0.2) is 17.6 Å². The van der Waals surface area contributed by atoms with Gasteiger partial charge in [-0.05, 0) is 6.92 Å². The first-order valence-corrected chi connectivity index (χ1v) is 7.75. The van der Waals surface area contributed by atoms with Crippen LogP contribution in [0.3, 0.4) is 0 Å². The van der Waals surface area contributed by atoms with Crippen molar-refractivity contribution in [3.05, 3.63) is 12.5 Å². The van der Waals surface area contributed by atoms with E-state index in [9.17, 15) is 18.3 Å². The minimum Gasteiger partial charge on any atom is -0.480 e. The molecule has 2 N–H and O–H groups in total. The summed E-state index contributed by atoms with van der Waals surface area (Å²) in [6.45, 7) is 2.85. The molecule has 1 aromatic rings. The second kappa shape index (κ2) is 5.51. The van der Waals surface area contributed by atoms with E-state index in [1.807, 2.05) is 6.92 Å². The van der Waals surface area contributed by atoms with Gasteiger partial charge in [-0.2, -0.15) is 4.72 Å². The van der Waals surface area contributed by atoms with Crippen LogP contribution in [0.2, 0.25) is 0 Å². The molecule has 20 heavy (non-hydrogen) atoms. The summed E-state index contributed by atoms with van der Waals surface area (Å²) in [6, 6.07) is 0. The highest BCUT2D eigenvalue weighted by molar-refractivity contribution is 7.89. The Balaban J connectivity index is 2.27. The topological polar surface area (TPSA) is 111 Å². The van der Waals surface area contributed by atoms with E-state index in [4.69, 9.17) is 4.74 Å². The molecule has 2 heterocycles. The van der Waals surface area contributed by atoms with Crippen LogP contribution in [-0.4, -0.2) is 47.8 Å². The first-order valence-electron chi connectivity index (χ1n) is 6.26. The van der Waals surface area contributed by atoms with Crippen molar-refractivity contribution >= 4 is 16.0 Å². The molecule has 8 nitrogen and oxygen atoms in total. The summed E-state index contributed by atoms with van der Waals surface area (Å²) in [5.74, 6) is -1.20. The van der Waals surface area contributed by atoms with Crippen LogP contribution in [-0.2, 0) is 26.1 Å². The molecular formula is C11H17N3O5S. The van der Waals surface area contributed by atoms with Crippen molar-refractivity contribution in [1.29, 1.82) is 0 Å².